The molecule has 2 rings (SSSR count). The van der Waals surface area contributed by atoms with Gasteiger partial charge in [0.2, 0.25) is 0 Å². The molecule has 1 aromatic carbocycles. The minimum absolute atomic E-state index is 0.241. The van der Waals surface area contributed by atoms with E-state index in [0.717, 1.165) is 0 Å². The molecule has 0 amide bonds. The summed E-state index contributed by atoms with van der Waals surface area (Å²) in [5.74, 6) is 1.29. The number of hydrogen-bond acceptors (Lipinski definition) is 3. The number of benzene rings is 1. The average Bonchev–Trinajstić information content (AvgIpc) is 2.23. The first-order valence-electron chi connectivity index (χ1n) is 4.27. The van der Waals surface area contributed by atoms with Crippen LogP contribution in [0.15, 0.2) is 12.1 Å². The van der Waals surface area contributed by atoms with Crippen LogP contribution in [-0.4, -0.2) is 13.2 Å². The van der Waals surface area contributed by atoms with Gasteiger partial charge in [0.1, 0.15) is 13.2 Å². The Morgan fingerprint density at radius 3 is 2.93 bits per heavy atom. The van der Waals surface area contributed by atoms with Gasteiger partial charge in [-0.05, 0) is 12.1 Å². The van der Waals surface area contributed by atoms with Crippen LogP contribution >= 0.6 is 11.6 Å². The lowest BCUT2D eigenvalue weighted by molar-refractivity contribution is 0.170. The number of halogens is 1. The van der Waals surface area contributed by atoms with E-state index in [0.29, 0.717) is 35.3 Å². The zero-order chi connectivity index (χ0) is 9.97. The average molecular weight is 210 g/mol. The van der Waals surface area contributed by atoms with Gasteiger partial charge in [0.15, 0.2) is 11.5 Å². The topological polar surface area (TPSA) is 42.2 Å². The van der Waals surface area contributed by atoms with E-state index >= 15 is 0 Å². The lowest BCUT2D eigenvalue weighted by Gasteiger charge is -2.20. The van der Waals surface area contributed by atoms with Crippen LogP contribution in [0.25, 0.3) is 0 Å². The first-order chi connectivity index (χ1) is 6.83. The molecule has 0 N–H and O–H groups in total. The molecule has 1 heterocycles. The Morgan fingerprint density at radius 1 is 1.36 bits per heavy atom. The smallest absolute Gasteiger partial charge is 0.167 e. The molecule has 4 heteroatoms. The van der Waals surface area contributed by atoms with E-state index in [2.05, 4.69) is 6.07 Å². The monoisotopic (exact) mass is 209 g/mol. The van der Waals surface area contributed by atoms with E-state index in [-0.39, 0.29) is 6.42 Å². The molecule has 3 nitrogen and oxygen atoms in total. The minimum atomic E-state index is 0.241. The fraction of sp³-hybridized carbons (Fsp3) is 0.300. The molecule has 0 saturated carbocycles. The highest BCUT2D eigenvalue weighted by Gasteiger charge is 2.18. The minimum Gasteiger partial charge on any atom is -0.486 e. The van der Waals surface area contributed by atoms with Crippen molar-refractivity contribution in [3.05, 3.63) is 22.7 Å². The molecule has 0 bridgehead atoms. The van der Waals surface area contributed by atoms with Gasteiger partial charge >= 0.3 is 0 Å². The maximum atomic E-state index is 8.64. The van der Waals surface area contributed by atoms with Crippen LogP contribution in [0.3, 0.4) is 0 Å². The first kappa shape index (κ1) is 9.17. The Hall–Kier alpha value is -1.40. The third kappa shape index (κ3) is 1.49. The van der Waals surface area contributed by atoms with Crippen LogP contribution in [0.4, 0.5) is 0 Å². The van der Waals surface area contributed by atoms with E-state index in [4.69, 9.17) is 26.3 Å². The summed E-state index contributed by atoms with van der Waals surface area (Å²) in [5, 5.41) is 9.19. The lowest BCUT2D eigenvalue weighted by atomic mass is 10.1. The summed E-state index contributed by atoms with van der Waals surface area (Å²) in [7, 11) is 0. The SMILES string of the molecule is N#CCc1c(Cl)ccc2c1OCCO2. The van der Waals surface area contributed by atoms with Gasteiger partial charge in [-0.1, -0.05) is 11.6 Å². The van der Waals surface area contributed by atoms with Gasteiger partial charge in [0, 0.05) is 10.6 Å². The molecule has 1 aliphatic rings. The molecule has 72 valence electrons. The van der Waals surface area contributed by atoms with E-state index in [9.17, 15) is 0 Å². The summed E-state index contributed by atoms with van der Waals surface area (Å²) >= 11 is 5.95. The van der Waals surface area contributed by atoms with Crippen LogP contribution in [-0.2, 0) is 6.42 Å². The second-order valence-electron chi connectivity index (χ2n) is 2.89. The maximum Gasteiger partial charge on any atom is 0.167 e. The summed E-state index contributed by atoms with van der Waals surface area (Å²) in [6.07, 6.45) is 0.241. The Labute approximate surface area is 86.8 Å². The Morgan fingerprint density at radius 2 is 2.14 bits per heavy atom. The van der Waals surface area contributed by atoms with Crippen molar-refractivity contribution in [3.8, 4) is 17.6 Å². The van der Waals surface area contributed by atoms with Crippen LogP contribution in [0.1, 0.15) is 5.56 Å². The highest BCUT2D eigenvalue weighted by molar-refractivity contribution is 6.31. The number of rotatable bonds is 1. The predicted octanol–water partition coefficient (Wildman–Crippen LogP) is 2.18. The van der Waals surface area contributed by atoms with Crippen molar-refractivity contribution in [2.24, 2.45) is 0 Å². The van der Waals surface area contributed by atoms with Gasteiger partial charge < -0.3 is 9.47 Å². The lowest BCUT2D eigenvalue weighted by Crippen LogP contribution is -2.16. The molecule has 0 radical (unpaired) electrons. The standard InChI is InChI=1S/C10H8ClNO2/c11-8-1-2-9-10(7(8)3-4-12)14-6-5-13-9/h1-2H,3,5-6H2. The quantitative estimate of drug-likeness (QED) is 0.712. The Kier molecular flexibility index (Phi) is 2.47. The molecule has 1 aliphatic heterocycles. The van der Waals surface area contributed by atoms with Gasteiger partial charge in [-0.3, -0.25) is 0 Å². The molecular formula is C10H8ClNO2. The molecule has 0 unspecified atom stereocenters. The summed E-state index contributed by atoms with van der Waals surface area (Å²) in [6, 6.07) is 5.54. The third-order valence-electron chi connectivity index (χ3n) is 2.01. The zero-order valence-corrected chi connectivity index (χ0v) is 8.17. The van der Waals surface area contributed by atoms with Crippen molar-refractivity contribution in [2.45, 2.75) is 6.42 Å². The summed E-state index contributed by atoms with van der Waals surface area (Å²) in [4.78, 5) is 0. The number of fused-ring (bicyclic) bond motifs is 1. The Balaban J connectivity index is 2.50. The van der Waals surface area contributed by atoms with Crippen LogP contribution in [0.5, 0.6) is 11.5 Å². The summed E-state index contributed by atoms with van der Waals surface area (Å²) in [6.45, 7) is 1.05. The van der Waals surface area contributed by atoms with E-state index in [1.165, 1.54) is 0 Å². The van der Waals surface area contributed by atoms with E-state index in [1.54, 1.807) is 12.1 Å². The Bertz CT molecular complexity index is 398. The molecule has 0 saturated heterocycles. The number of nitriles is 1. The summed E-state index contributed by atoms with van der Waals surface area (Å²) in [5.41, 5.74) is 0.714. The van der Waals surface area contributed by atoms with Gasteiger partial charge in [-0.2, -0.15) is 5.26 Å². The maximum absolute atomic E-state index is 8.64. The van der Waals surface area contributed by atoms with E-state index < -0.39 is 0 Å². The van der Waals surface area contributed by atoms with Crippen molar-refractivity contribution < 1.29 is 9.47 Å². The second-order valence-corrected chi connectivity index (χ2v) is 3.29. The van der Waals surface area contributed by atoms with Crippen molar-refractivity contribution in [1.29, 1.82) is 5.26 Å². The molecule has 0 aromatic heterocycles. The van der Waals surface area contributed by atoms with Gasteiger partial charge in [0.05, 0.1) is 12.5 Å². The summed E-state index contributed by atoms with van der Waals surface area (Å²) < 4.78 is 10.8. The zero-order valence-electron chi connectivity index (χ0n) is 7.42. The number of ether oxygens (including phenoxy) is 2. The largest absolute Gasteiger partial charge is 0.486 e. The molecular weight excluding hydrogens is 202 g/mol. The molecule has 0 fully saturated rings. The highest BCUT2D eigenvalue weighted by Crippen LogP contribution is 2.37. The number of nitrogens with zero attached hydrogens (tertiary/aromatic N) is 1. The fourth-order valence-corrected chi connectivity index (χ4v) is 1.61. The van der Waals surface area contributed by atoms with Gasteiger partial charge in [0.25, 0.3) is 0 Å². The second kappa shape index (κ2) is 3.77. The first-order valence-corrected chi connectivity index (χ1v) is 4.64. The van der Waals surface area contributed by atoms with Crippen LogP contribution in [0, 0.1) is 11.3 Å². The van der Waals surface area contributed by atoms with Crippen molar-refractivity contribution in [3.63, 3.8) is 0 Å². The molecule has 0 spiro atoms. The van der Waals surface area contributed by atoms with Crippen LogP contribution in [0.2, 0.25) is 5.02 Å². The molecule has 1 aromatic rings. The highest BCUT2D eigenvalue weighted by atomic mass is 35.5. The third-order valence-corrected chi connectivity index (χ3v) is 2.36. The van der Waals surface area contributed by atoms with Gasteiger partial charge in [-0.15, -0.1) is 0 Å². The van der Waals surface area contributed by atoms with Crippen molar-refractivity contribution >= 4 is 11.6 Å². The number of hydrogen-bond donors (Lipinski definition) is 0. The van der Waals surface area contributed by atoms with E-state index in [1.807, 2.05) is 0 Å². The fourth-order valence-electron chi connectivity index (χ4n) is 1.39. The van der Waals surface area contributed by atoms with Gasteiger partial charge in [-0.25, -0.2) is 0 Å². The molecule has 14 heavy (non-hydrogen) atoms. The normalized spacial score (nSPS) is 13.4. The molecule has 0 aliphatic carbocycles. The molecule has 0 atom stereocenters. The predicted molar refractivity (Wildman–Crippen MR) is 51.8 cm³/mol. The van der Waals surface area contributed by atoms with Crippen LogP contribution < -0.4 is 9.47 Å². The van der Waals surface area contributed by atoms with Crippen molar-refractivity contribution in [2.75, 3.05) is 13.2 Å². The van der Waals surface area contributed by atoms with Crippen molar-refractivity contribution in [1.82, 2.24) is 0 Å².